The Morgan fingerprint density at radius 2 is 1.00 bits per heavy atom. The van der Waals surface area contributed by atoms with E-state index in [1.807, 2.05) is 0 Å². The zero-order valence-corrected chi connectivity index (χ0v) is 18.9. The molecular weight excluding hydrogens is 492 g/mol. The van der Waals surface area contributed by atoms with Crippen molar-refractivity contribution in [3.05, 3.63) is 93.9 Å². The molecule has 0 aromatic heterocycles. The molecule has 2 aliphatic heterocycles. The van der Waals surface area contributed by atoms with Gasteiger partial charge in [0.1, 0.15) is 11.5 Å². The predicted octanol–water partition coefficient (Wildman–Crippen LogP) is 4.68. The van der Waals surface area contributed by atoms with E-state index in [4.69, 9.17) is 4.74 Å². The van der Waals surface area contributed by atoms with Crippen LogP contribution in [0.4, 0.5) is 0 Å². The van der Waals surface area contributed by atoms with E-state index in [1.165, 1.54) is 31.9 Å². The number of hydrogen-bond donors (Lipinski definition) is 0. The first-order valence-corrected chi connectivity index (χ1v) is 12.8. The van der Waals surface area contributed by atoms with Crippen LogP contribution in [-0.4, -0.2) is 8.07 Å². The predicted molar refractivity (Wildman–Crippen MR) is 125 cm³/mol. The topological polar surface area (TPSA) is 9.23 Å². The summed E-state index contributed by atoms with van der Waals surface area (Å²) in [6.07, 6.45) is 0. The van der Waals surface area contributed by atoms with Crippen molar-refractivity contribution < 1.29 is 4.74 Å². The van der Waals surface area contributed by atoms with Crippen molar-refractivity contribution in [1.82, 2.24) is 0 Å². The van der Waals surface area contributed by atoms with E-state index in [1.54, 1.807) is 0 Å². The monoisotopic (exact) mass is 504 g/mol. The van der Waals surface area contributed by atoms with Crippen LogP contribution in [0.15, 0.2) is 93.9 Å². The standard InChI is InChI=1S/C24H14Br2OSi/c25-15-9-11-17-18-12-10-16(26)14-24(18)28(23(17)13-15)21-7-3-1-5-19(21)27-20-6-2-4-8-22(20)28/h1-14H. The summed E-state index contributed by atoms with van der Waals surface area (Å²) in [6, 6.07) is 30.6. The third-order valence-electron chi connectivity index (χ3n) is 5.86. The quantitative estimate of drug-likeness (QED) is 0.272. The molecule has 4 heteroatoms. The lowest BCUT2D eigenvalue weighted by Gasteiger charge is -2.37. The number of ether oxygens (including phenoxy) is 1. The average molecular weight is 506 g/mol. The normalized spacial score (nSPS) is 14.6. The van der Waals surface area contributed by atoms with Crippen molar-refractivity contribution in [3.63, 3.8) is 0 Å². The molecule has 1 spiro atoms. The molecule has 28 heavy (non-hydrogen) atoms. The van der Waals surface area contributed by atoms with Crippen LogP contribution in [0.3, 0.4) is 0 Å². The van der Waals surface area contributed by atoms with E-state index in [2.05, 4.69) is 117 Å². The van der Waals surface area contributed by atoms with Gasteiger partial charge in [0.25, 0.3) is 0 Å². The van der Waals surface area contributed by atoms with Crippen LogP contribution in [0.5, 0.6) is 11.5 Å². The minimum absolute atomic E-state index is 0.978. The Balaban J connectivity index is 1.87. The summed E-state index contributed by atoms with van der Waals surface area (Å²) >= 11 is 7.47. The maximum absolute atomic E-state index is 6.37. The van der Waals surface area contributed by atoms with Gasteiger partial charge in [-0.3, -0.25) is 0 Å². The molecule has 0 bridgehead atoms. The number of benzene rings is 4. The smallest absolute Gasteiger partial charge is 0.189 e. The summed E-state index contributed by atoms with van der Waals surface area (Å²) in [4.78, 5) is 0. The molecule has 4 aromatic rings. The van der Waals surface area contributed by atoms with Gasteiger partial charge in [-0.05, 0) is 68.3 Å². The van der Waals surface area contributed by atoms with Crippen molar-refractivity contribution >= 4 is 60.7 Å². The molecule has 0 amide bonds. The zero-order valence-electron chi connectivity index (χ0n) is 14.7. The second-order valence-electron chi connectivity index (χ2n) is 7.22. The summed E-state index contributed by atoms with van der Waals surface area (Å²) in [5, 5.41) is 5.51. The van der Waals surface area contributed by atoms with Gasteiger partial charge in [0.15, 0.2) is 8.07 Å². The van der Waals surface area contributed by atoms with E-state index in [0.29, 0.717) is 0 Å². The van der Waals surface area contributed by atoms with Crippen molar-refractivity contribution in [3.8, 4) is 22.6 Å². The maximum atomic E-state index is 6.37. The van der Waals surface area contributed by atoms with Gasteiger partial charge < -0.3 is 4.74 Å². The Bertz CT molecular complexity index is 1180. The second-order valence-corrected chi connectivity index (χ2v) is 12.7. The maximum Gasteiger partial charge on any atom is 0.189 e. The summed E-state index contributed by atoms with van der Waals surface area (Å²) in [7, 11) is -2.45. The molecule has 134 valence electrons. The van der Waals surface area contributed by atoms with Gasteiger partial charge in [-0.15, -0.1) is 0 Å². The molecule has 1 nitrogen and oxygen atoms in total. The van der Waals surface area contributed by atoms with Crippen molar-refractivity contribution in [2.45, 2.75) is 0 Å². The highest BCUT2D eigenvalue weighted by Crippen LogP contribution is 2.37. The highest BCUT2D eigenvalue weighted by Gasteiger charge is 2.53. The summed E-state index contributed by atoms with van der Waals surface area (Å²) in [5.41, 5.74) is 2.67. The molecular formula is C24H14Br2OSi. The Hall–Kier alpha value is -2.14. The van der Waals surface area contributed by atoms with E-state index in [0.717, 1.165) is 20.4 Å². The van der Waals surface area contributed by atoms with Crippen LogP contribution in [0.25, 0.3) is 11.1 Å². The zero-order chi connectivity index (χ0) is 18.9. The van der Waals surface area contributed by atoms with Crippen LogP contribution in [0.1, 0.15) is 0 Å². The van der Waals surface area contributed by atoms with E-state index in [9.17, 15) is 0 Å². The molecule has 0 atom stereocenters. The number of halogens is 2. The Morgan fingerprint density at radius 3 is 1.50 bits per heavy atom. The fraction of sp³-hybridized carbons (Fsp3) is 0. The van der Waals surface area contributed by atoms with E-state index >= 15 is 0 Å². The van der Waals surface area contributed by atoms with Gasteiger partial charge in [-0.1, -0.05) is 80.4 Å². The molecule has 6 rings (SSSR count). The fourth-order valence-electron chi connectivity index (χ4n) is 4.84. The van der Waals surface area contributed by atoms with Gasteiger partial charge in [-0.25, -0.2) is 0 Å². The first-order chi connectivity index (χ1) is 13.7. The molecule has 0 unspecified atom stereocenters. The van der Waals surface area contributed by atoms with Crippen LogP contribution in [-0.2, 0) is 0 Å². The van der Waals surface area contributed by atoms with Crippen molar-refractivity contribution in [1.29, 1.82) is 0 Å². The highest BCUT2D eigenvalue weighted by atomic mass is 79.9. The second kappa shape index (κ2) is 5.93. The van der Waals surface area contributed by atoms with Crippen LogP contribution < -0.4 is 25.5 Å². The van der Waals surface area contributed by atoms with Crippen LogP contribution in [0.2, 0.25) is 0 Å². The first kappa shape index (κ1) is 16.8. The minimum Gasteiger partial charge on any atom is -0.458 e. The molecule has 2 aliphatic rings. The molecule has 4 aromatic carbocycles. The van der Waals surface area contributed by atoms with Crippen molar-refractivity contribution in [2.75, 3.05) is 0 Å². The van der Waals surface area contributed by atoms with Crippen LogP contribution >= 0.6 is 31.9 Å². The van der Waals surface area contributed by atoms with Gasteiger partial charge in [0.05, 0.1) is 0 Å². The molecule has 0 radical (unpaired) electrons. The SMILES string of the molecule is Brc1ccc2c(c1)[Si]1(c3ccccc3Oc3ccccc31)c1cc(Br)ccc1-2. The van der Waals surface area contributed by atoms with E-state index < -0.39 is 8.07 Å². The summed E-state index contributed by atoms with van der Waals surface area (Å²) in [6.45, 7) is 0. The molecule has 0 saturated carbocycles. The Kier molecular flexibility index (Phi) is 3.55. The molecule has 0 aliphatic carbocycles. The highest BCUT2D eigenvalue weighted by molar-refractivity contribution is 9.10. The number of hydrogen-bond acceptors (Lipinski definition) is 1. The largest absolute Gasteiger partial charge is 0.458 e. The Labute approximate surface area is 181 Å². The molecule has 2 heterocycles. The van der Waals surface area contributed by atoms with E-state index in [-0.39, 0.29) is 0 Å². The molecule has 0 saturated heterocycles. The number of rotatable bonds is 0. The third-order valence-corrected chi connectivity index (χ3v) is 11.7. The number of para-hydroxylation sites is 2. The van der Waals surface area contributed by atoms with Crippen LogP contribution in [0, 0.1) is 0 Å². The van der Waals surface area contributed by atoms with Gasteiger partial charge in [0.2, 0.25) is 0 Å². The average Bonchev–Trinajstić information content (AvgIpc) is 2.98. The third kappa shape index (κ3) is 2.06. The Morgan fingerprint density at radius 1 is 0.536 bits per heavy atom. The lowest BCUT2D eigenvalue weighted by Crippen LogP contribution is -2.74. The minimum atomic E-state index is -2.45. The summed E-state index contributed by atoms with van der Waals surface area (Å²) < 4.78 is 8.60. The summed E-state index contributed by atoms with van der Waals surface area (Å²) in [5.74, 6) is 1.96. The van der Waals surface area contributed by atoms with Gasteiger partial charge in [0, 0.05) is 8.95 Å². The fourth-order valence-corrected chi connectivity index (χ4v) is 11.4. The van der Waals surface area contributed by atoms with Gasteiger partial charge in [-0.2, -0.15) is 0 Å². The molecule has 0 N–H and O–H groups in total. The van der Waals surface area contributed by atoms with Gasteiger partial charge >= 0.3 is 0 Å². The lowest BCUT2D eigenvalue weighted by molar-refractivity contribution is 0.487. The lowest BCUT2D eigenvalue weighted by atomic mass is 10.1. The van der Waals surface area contributed by atoms with Crippen molar-refractivity contribution in [2.24, 2.45) is 0 Å². The number of fused-ring (bicyclic) bond motifs is 9. The first-order valence-electron chi connectivity index (χ1n) is 9.17. The molecule has 0 fully saturated rings.